The summed E-state index contributed by atoms with van der Waals surface area (Å²) >= 11 is 0. The summed E-state index contributed by atoms with van der Waals surface area (Å²) in [6.07, 6.45) is 0. The molecule has 10 heteroatoms. The lowest BCUT2D eigenvalue weighted by atomic mass is 10.1. The second kappa shape index (κ2) is 9.23. The van der Waals surface area contributed by atoms with Gasteiger partial charge in [-0.2, -0.15) is 0 Å². The number of benzene rings is 2. The predicted molar refractivity (Wildman–Crippen MR) is 110 cm³/mol. The number of hydrogen-bond donors (Lipinski definition) is 1. The Labute approximate surface area is 175 Å². The number of morpholine rings is 1. The Kier molecular flexibility index (Phi) is 6.68. The molecule has 3 rings (SSSR count). The van der Waals surface area contributed by atoms with Gasteiger partial charge in [0.15, 0.2) is 0 Å². The van der Waals surface area contributed by atoms with Crippen LogP contribution in [0.4, 0.5) is 5.69 Å². The SMILES string of the molecule is COc1ccc(OC)c(NS(=O)(=O)c2ccc(OC)c(C(=O)N3CCOCC3)c2)c1. The summed E-state index contributed by atoms with van der Waals surface area (Å²) in [7, 11) is 0.326. The zero-order chi connectivity index (χ0) is 21.7. The van der Waals surface area contributed by atoms with Crippen LogP contribution in [0.1, 0.15) is 10.4 Å². The van der Waals surface area contributed by atoms with Gasteiger partial charge in [-0.25, -0.2) is 8.42 Å². The third kappa shape index (κ3) is 4.60. The van der Waals surface area contributed by atoms with Crippen molar-refractivity contribution in [2.24, 2.45) is 0 Å². The number of carbonyl (C=O) groups excluding carboxylic acids is 1. The molecule has 2 aromatic carbocycles. The van der Waals surface area contributed by atoms with Gasteiger partial charge in [0.25, 0.3) is 15.9 Å². The zero-order valence-electron chi connectivity index (χ0n) is 17.0. The molecule has 0 radical (unpaired) electrons. The molecular weight excluding hydrogens is 412 g/mol. The highest BCUT2D eigenvalue weighted by Gasteiger charge is 2.25. The van der Waals surface area contributed by atoms with E-state index in [0.29, 0.717) is 43.6 Å². The smallest absolute Gasteiger partial charge is 0.262 e. The maximum Gasteiger partial charge on any atom is 0.262 e. The summed E-state index contributed by atoms with van der Waals surface area (Å²) in [5.41, 5.74) is 0.383. The van der Waals surface area contributed by atoms with Crippen LogP contribution in [0.25, 0.3) is 0 Å². The summed E-state index contributed by atoms with van der Waals surface area (Å²) < 4.78 is 49.5. The highest BCUT2D eigenvalue weighted by Crippen LogP contribution is 2.32. The van der Waals surface area contributed by atoms with Gasteiger partial charge in [-0.1, -0.05) is 0 Å². The number of amides is 1. The number of nitrogens with zero attached hydrogens (tertiary/aromatic N) is 1. The molecule has 2 aromatic rings. The number of anilines is 1. The maximum absolute atomic E-state index is 13.0. The minimum Gasteiger partial charge on any atom is -0.497 e. The van der Waals surface area contributed by atoms with Crippen LogP contribution in [0.5, 0.6) is 17.2 Å². The first-order valence-corrected chi connectivity index (χ1v) is 10.7. The fraction of sp³-hybridized carbons (Fsp3) is 0.350. The van der Waals surface area contributed by atoms with E-state index in [4.69, 9.17) is 18.9 Å². The Morgan fingerprint density at radius 2 is 1.63 bits per heavy atom. The van der Waals surface area contributed by atoms with E-state index >= 15 is 0 Å². The topological polar surface area (TPSA) is 103 Å². The van der Waals surface area contributed by atoms with E-state index in [1.54, 1.807) is 17.0 Å². The molecule has 0 aliphatic carbocycles. The second-order valence-electron chi connectivity index (χ2n) is 6.44. The van der Waals surface area contributed by atoms with E-state index in [-0.39, 0.29) is 22.1 Å². The van der Waals surface area contributed by atoms with Gasteiger partial charge in [0, 0.05) is 19.2 Å². The van der Waals surface area contributed by atoms with Crippen LogP contribution in [-0.4, -0.2) is 66.9 Å². The first kappa shape index (κ1) is 21.7. The molecule has 1 N–H and O–H groups in total. The fourth-order valence-corrected chi connectivity index (χ4v) is 4.14. The van der Waals surface area contributed by atoms with Gasteiger partial charge in [-0.3, -0.25) is 9.52 Å². The van der Waals surface area contributed by atoms with Crippen molar-refractivity contribution in [1.29, 1.82) is 0 Å². The molecule has 0 spiro atoms. The molecule has 1 saturated heterocycles. The molecule has 9 nitrogen and oxygen atoms in total. The largest absolute Gasteiger partial charge is 0.497 e. The Balaban J connectivity index is 1.95. The van der Waals surface area contributed by atoms with Gasteiger partial charge in [0.05, 0.1) is 50.7 Å². The van der Waals surface area contributed by atoms with E-state index in [1.807, 2.05) is 0 Å². The number of rotatable bonds is 7. The zero-order valence-corrected chi connectivity index (χ0v) is 17.8. The summed E-state index contributed by atoms with van der Waals surface area (Å²) in [6, 6.07) is 8.92. The average Bonchev–Trinajstić information content (AvgIpc) is 2.78. The standard InChI is InChI=1S/C20H24N2O7S/c1-26-14-4-6-19(28-3)17(12-14)21-30(24,25)15-5-7-18(27-2)16(13-15)20(23)22-8-10-29-11-9-22/h4-7,12-13,21H,8-11H2,1-3H3. The van der Waals surface area contributed by atoms with Crippen LogP contribution in [-0.2, 0) is 14.8 Å². The van der Waals surface area contributed by atoms with Crippen molar-refractivity contribution >= 4 is 21.6 Å². The highest BCUT2D eigenvalue weighted by atomic mass is 32.2. The Hall–Kier alpha value is -2.98. The molecule has 1 aliphatic rings. The van der Waals surface area contributed by atoms with Crippen LogP contribution in [0.15, 0.2) is 41.3 Å². The Bertz CT molecular complexity index is 1020. The Morgan fingerprint density at radius 3 is 2.27 bits per heavy atom. The molecule has 162 valence electrons. The van der Waals surface area contributed by atoms with Crippen LogP contribution < -0.4 is 18.9 Å². The van der Waals surface area contributed by atoms with Gasteiger partial charge in [0.2, 0.25) is 0 Å². The van der Waals surface area contributed by atoms with Crippen LogP contribution in [0.3, 0.4) is 0 Å². The normalized spacial score (nSPS) is 14.2. The molecule has 30 heavy (non-hydrogen) atoms. The van der Waals surface area contributed by atoms with Crippen LogP contribution in [0.2, 0.25) is 0 Å². The highest BCUT2D eigenvalue weighted by molar-refractivity contribution is 7.92. The molecule has 0 aromatic heterocycles. The maximum atomic E-state index is 13.0. The molecule has 1 aliphatic heterocycles. The first-order chi connectivity index (χ1) is 14.4. The molecule has 0 unspecified atom stereocenters. The number of sulfonamides is 1. The number of nitrogens with one attached hydrogen (secondary N) is 1. The van der Waals surface area contributed by atoms with Crippen molar-refractivity contribution in [2.75, 3.05) is 52.4 Å². The summed E-state index contributed by atoms with van der Waals surface area (Å²) in [6.45, 7) is 1.73. The third-order valence-corrected chi connectivity index (χ3v) is 6.02. The van der Waals surface area contributed by atoms with E-state index in [0.717, 1.165) is 0 Å². The number of ether oxygens (including phenoxy) is 4. The molecule has 1 amide bonds. The lowest BCUT2D eigenvalue weighted by Crippen LogP contribution is -2.40. The van der Waals surface area contributed by atoms with E-state index < -0.39 is 10.0 Å². The summed E-state index contributed by atoms with van der Waals surface area (Å²) in [4.78, 5) is 14.5. The summed E-state index contributed by atoms with van der Waals surface area (Å²) in [5, 5.41) is 0. The third-order valence-electron chi connectivity index (χ3n) is 4.66. The second-order valence-corrected chi connectivity index (χ2v) is 8.12. The van der Waals surface area contributed by atoms with Crippen molar-refractivity contribution in [2.45, 2.75) is 4.90 Å². The van der Waals surface area contributed by atoms with Gasteiger partial charge >= 0.3 is 0 Å². The van der Waals surface area contributed by atoms with E-state index in [2.05, 4.69) is 4.72 Å². The average molecular weight is 436 g/mol. The molecule has 1 heterocycles. The monoisotopic (exact) mass is 436 g/mol. The van der Waals surface area contributed by atoms with Gasteiger partial charge in [0.1, 0.15) is 17.2 Å². The van der Waals surface area contributed by atoms with Crippen molar-refractivity contribution in [1.82, 2.24) is 4.90 Å². The van der Waals surface area contributed by atoms with Crippen molar-refractivity contribution in [3.63, 3.8) is 0 Å². The van der Waals surface area contributed by atoms with E-state index in [1.165, 1.54) is 45.6 Å². The lowest BCUT2D eigenvalue weighted by Gasteiger charge is -2.27. The molecule has 0 saturated carbocycles. The first-order valence-electron chi connectivity index (χ1n) is 9.19. The van der Waals surface area contributed by atoms with Crippen molar-refractivity contribution < 1.29 is 32.2 Å². The summed E-state index contributed by atoms with van der Waals surface area (Å²) in [5.74, 6) is 0.777. The Morgan fingerprint density at radius 1 is 0.967 bits per heavy atom. The van der Waals surface area contributed by atoms with Crippen molar-refractivity contribution in [3.8, 4) is 17.2 Å². The molecule has 0 atom stereocenters. The van der Waals surface area contributed by atoms with Crippen molar-refractivity contribution in [3.05, 3.63) is 42.0 Å². The van der Waals surface area contributed by atoms with Gasteiger partial charge in [-0.15, -0.1) is 0 Å². The minimum absolute atomic E-state index is 0.0789. The quantitative estimate of drug-likeness (QED) is 0.708. The number of methoxy groups -OCH3 is 3. The number of carbonyl (C=O) groups is 1. The minimum atomic E-state index is -4.02. The molecule has 1 fully saturated rings. The number of hydrogen-bond acceptors (Lipinski definition) is 7. The van der Waals surface area contributed by atoms with Gasteiger partial charge in [-0.05, 0) is 30.3 Å². The molecular formula is C20H24N2O7S. The lowest BCUT2D eigenvalue weighted by molar-refractivity contribution is 0.0300. The van der Waals surface area contributed by atoms with E-state index in [9.17, 15) is 13.2 Å². The van der Waals surface area contributed by atoms with Crippen LogP contribution in [0, 0.1) is 0 Å². The molecule has 0 bridgehead atoms. The van der Waals surface area contributed by atoms with Gasteiger partial charge < -0.3 is 23.8 Å². The van der Waals surface area contributed by atoms with Crippen LogP contribution >= 0.6 is 0 Å². The predicted octanol–water partition coefficient (Wildman–Crippen LogP) is 1.99. The fourth-order valence-electron chi connectivity index (χ4n) is 3.06.